The molecule has 0 amide bonds. The van der Waals surface area contributed by atoms with Gasteiger partial charge < -0.3 is 14.8 Å². The maximum atomic E-state index is 14.2. The van der Waals surface area contributed by atoms with Crippen LogP contribution in [0.2, 0.25) is 0 Å². The van der Waals surface area contributed by atoms with Gasteiger partial charge in [-0.3, -0.25) is 0 Å². The van der Waals surface area contributed by atoms with Gasteiger partial charge in [0.1, 0.15) is 11.9 Å². The Labute approximate surface area is 128 Å². The molecule has 3 nitrogen and oxygen atoms in total. The number of rotatable bonds is 6. The van der Waals surface area contributed by atoms with Crippen molar-refractivity contribution in [2.45, 2.75) is 39.1 Å². The van der Waals surface area contributed by atoms with E-state index in [0.717, 1.165) is 21.7 Å². The highest BCUT2D eigenvalue weighted by atomic mass is 32.1. The molecule has 1 aromatic carbocycles. The van der Waals surface area contributed by atoms with Crippen LogP contribution < -0.4 is 5.32 Å². The van der Waals surface area contributed by atoms with Gasteiger partial charge in [0, 0.05) is 33.1 Å². The van der Waals surface area contributed by atoms with Gasteiger partial charge in [-0.25, -0.2) is 4.39 Å². The largest absolute Gasteiger partial charge is 0.376 e. The van der Waals surface area contributed by atoms with Crippen LogP contribution in [-0.4, -0.2) is 25.4 Å². The van der Waals surface area contributed by atoms with Gasteiger partial charge in [0.2, 0.25) is 0 Å². The Hall–Kier alpha value is -1.01. The lowest BCUT2D eigenvalue weighted by molar-refractivity contribution is -0.135. The van der Waals surface area contributed by atoms with E-state index in [1.807, 2.05) is 6.07 Å². The molecule has 0 atom stereocenters. The fourth-order valence-corrected chi connectivity index (χ4v) is 3.49. The first-order chi connectivity index (χ1) is 10.1. The van der Waals surface area contributed by atoms with Crippen molar-refractivity contribution in [3.8, 4) is 0 Å². The van der Waals surface area contributed by atoms with Gasteiger partial charge in [0.25, 0.3) is 0 Å². The highest BCUT2D eigenvalue weighted by Crippen LogP contribution is 2.34. The summed E-state index contributed by atoms with van der Waals surface area (Å²) >= 11 is 1.64. The smallest absolute Gasteiger partial charge is 0.132 e. The Morgan fingerprint density at radius 3 is 2.90 bits per heavy atom. The van der Waals surface area contributed by atoms with Gasteiger partial charge in [0.05, 0.1) is 19.8 Å². The molecule has 1 fully saturated rings. The van der Waals surface area contributed by atoms with Crippen LogP contribution in [0.15, 0.2) is 18.2 Å². The molecular weight excluding hydrogens is 289 g/mol. The van der Waals surface area contributed by atoms with Crippen molar-refractivity contribution in [1.82, 2.24) is 5.32 Å². The number of hydrogen-bond donors (Lipinski definition) is 1. The molecule has 3 rings (SSSR count). The van der Waals surface area contributed by atoms with E-state index in [4.69, 9.17) is 9.47 Å². The second-order valence-electron chi connectivity index (χ2n) is 5.62. The SMILES string of the molecule is CC(C)NCc1sc2cccc(F)c2c1COC1COC1. The second-order valence-corrected chi connectivity index (χ2v) is 6.76. The van der Waals surface area contributed by atoms with E-state index in [-0.39, 0.29) is 11.9 Å². The van der Waals surface area contributed by atoms with Crippen LogP contribution in [0.4, 0.5) is 4.39 Å². The lowest BCUT2D eigenvalue weighted by atomic mass is 10.1. The van der Waals surface area contributed by atoms with E-state index in [0.29, 0.717) is 31.2 Å². The minimum Gasteiger partial charge on any atom is -0.376 e. The van der Waals surface area contributed by atoms with Gasteiger partial charge in [-0.1, -0.05) is 19.9 Å². The molecule has 1 N–H and O–H groups in total. The monoisotopic (exact) mass is 309 g/mol. The fourth-order valence-electron chi connectivity index (χ4n) is 2.32. The van der Waals surface area contributed by atoms with Crippen molar-refractivity contribution < 1.29 is 13.9 Å². The summed E-state index contributed by atoms with van der Waals surface area (Å²) in [6, 6.07) is 5.65. The van der Waals surface area contributed by atoms with Crippen molar-refractivity contribution in [1.29, 1.82) is 0 Å². The highest BCUT2D eigenvalue weighted by molar-refractivity contribution is 7.19. The Bertz CT molecular complexity index is 622. The summed E-state index contributed by atoms with van der Waals surface area (Å²) in [5.74, 6) is -0.164. The maximum absolute atomic E-state index is 14.2. The van der Waals surface area contributed by atoms with Crippen LogP contribution in [0.1, 0.15) is 24.3 Å². The average Bonchev–Trinajstić information content (AvgIpc) is 2.74. The first-order valence-electron chi connectivity index (χ1n) is 7.26. The molecule has 0 radical (unpaired) electrons. The zero-order chi connectivity index (χ0) is 14.8. The predicted octanol–water partition coefficient (Wildman–Crippen LogP) is 3.45. The third-order valence-corrected chi connectivity index (χ3v) is 4.79. The van der Waals surface area contributed by atoms with Gasteiger partial charge in [-0.05, 0) is 12.1 Å². The summed E-state index contributed by atoms with van der Waals surface area (Å²) in [7, 11) is 0. The summed E-state index contributed by atoms with van der Waals surface area (Å²) in [5.41, 5.74) is 0.980. The van der Waals surface area contributed by atoms with Gasteiger partial charge in [0.15, 0.2) is 0 Å². The molecule has 1 saturated heterocycles. The van der Waals surface area contributed by atoms with E-state index in [9.17, 15) is 4.39 Å². The minimum absolute atomic E-state index is 0.151. The Kier molecular flexibility index (Phi) is 4.54. The molecule has 0 spiro atoms. The van der Waals surface area contributed by atoms with Crippen LogP contribution in [0, 0.1) is 5.82 Å². The first kappa shape index (κ1) is 14.9. The number of benzene rings is 1. The fraction of sp³-hybridized carbons (Fsp3) is 0.500. The normalized spacial score (nSPS) is 15.8. The van der Waals surface area contributed by atoms with Crippen LogP contribution in [0.25, 0.3) is 10.1 Å². The molecule has 5 heteroatoms. The van der Waals surface area contributed by atoms with Crippen molar-refractivity contribution >= 4 is 21.4 Å². The molecule has 1 aromatic heterocycles. The molecule has 2 aromatic rings. The van der Waals surface area contributed by atoms with Gasteiger partial charge >= 0.3 is 0 Å². The molecule has 114 valence electrons. The molecule has 0 bridgehead atoms. The zero-order valence-corrected chi connectivity index (χ0v) is 13.1. The standard InChI is InChI=1S/C16H20FNO2S/c1-10(2)18-6-15-12(9-20-11-7-19-8-11)16-13(17)4-3-5-14(16)21-15/h3-5,10-11,18H,6-9H2,1-2H3. The summed E-state index contributed by atoms with van der Waals surface area (Å²) < 4.78 is 26.1. The number of halogens is 1. The number of hydrogen-bond acceptors (Lipinski definition) is 4. The summed E-state index contributed by atoms with van der Waals surface area (Å²) in [6.45, 7) is 6.69. The highest BCUT2D eigenvalue weighted by Gasteiger charge is 2.21. The molecule has 21 heavy (non-hydrogen) atoms. The first-order valence-corrected chi connectivity index (χ1v) is 8.08. The predicted molar refractivity (Wildman–Crippen MR) is 83.2 cm³/mol. The lowest BCUT2D eigenvalue weighted by Crippen LogP contribution is -2.35. The van der Waals surface area contributed by atoms with E-state index in [2.05, 4.69) is 19.2 Å². The summed E-state index contributed by atoms with van der Waals surface area (Å²) in [5, 5.41) is 4.12. The third kappa shape index (κ3) is 3.26. The molecule has 2 heterocycles. The number of ether oxygens (including phenoxy) is 2. The van der Waals surface area contributed by atoms with Crippen LogP contribution in [0.3, 0.4) is 0 Å². The molecular formula is C16H20FNO2S. The molecule has 1 aliphatic rings. The number of thiophene rings is 1. The third-order valence-electron chi connectivity index (χ3n) is 3.59. The van der Waals surface area contributed by atoms with E-state index >= 15 is 0 Å². The van der Waals surface area contributed by atoms with Gasteiger partial charge in [-0.2, -0.15) is 0 Å². The Morgan fingerprint density at radius 2 is 2.24 bits per heavy atom. The molecule has 0 unspecified atom stereocenters. The Balaban J connectivity index is 1.89. The van der Waals surface area contributed by atoms with E-state index in [1.165, 1.54) is 6.07 Å². The number of fused-ring (bicyclic) bond motifs is 1. The zero-order valence-electron chi connectivity index (χ0n) is 12.3. The average molecular weight is 309 g/mol. The summed E-state index contributed by atoms with van der Waals surface area (Å²) in [4.78, 5) is 1.16. The van der Waals surface area contributed by atoms with Gasteiger partial charge in [-0.15, -0.1) is 11.3 Å². The van der Waals surface area contributed by atoms with Crippen LogP contribution in [-0.2, 0) is 22.6 Å². The van der Waals surface area contributed by atoms with Crippen molar-refractivity contribution in [2.75, 3.05) is 13.2 Å². The quantitative estimate of drug-likeness (QED) is 0.886. The van der Waals surface area contributed by atoms with Crippen LogP contribution >= 0.6 is 11.3 Å². The maximum Gasteiger partial charge on any atom is 0.132 e. The van der Waals surface area contributed by atoms with Crippen molar-refractivity contribution in [2.24, 2.45) is 0 Å². The molecule has 1 aliphatic heterocycles. The summed E-state index contributed by atoms with van der Waals surface area (Å²) in [6.07, 6.45) is 0.151. The van der Waals surface area contributed by atoms with Crippen LogP contribution in [0.5, 0.6) is 0 Å². The topological polar surface area (TPSA) is 30.5 Å². The molecule has 0 aliphatic carbocycles. The lowest BCUT2D eigenvalue weighted by Gasteiger charge is -2.26. The van der Waals surface area contributed by atoms with Crippen molar-refractivity contribution in [3.05, 3.63) is 34.5 Å². The second kappa shape index (κ2) is 6.40. The minimum atomic E-state index is -0.164. The molecule has 0 saturated carbocycles. The Morgan fingerprint density at radius 1 is 1.43 bits per heavy atom. The number of nitrogens with one attached hydrogen (secondary N) is 1. The van der Waals surface area contributed by atoms with E-state index < -0.39 is 0 Å². The van der Waals surface area contributed by atoms with Crippen molar-refractivity contribution in [3.63, 3.8) is 0 Å². The van der Waals surface area contributed by atoms with E-state index in [1.54, 1.807) is 17.4 Å².